The van der Waals surface area contributed by atoms with Gasteiger partial charge in [0.25, 0.3) is 0 Å². The van der Waals surface area contributed by atoms with Gasteiger partial charge in [-0.1, -0.05) is 48.0 Å². The van der Waals surface area contributed by atoms with Gasteiger partial charge < -0.3 is 0 Å². The van der Waals surface area contributed by atoms with E-state index in [9.17, 15) is 0 Å². The van der Waals surface area contributed by atoms with E-state index in [1.807, 2.05) is 0 Å². The van der Waals surface area contributed by atoms with E-state index in [2.05, 4.69) is 63.2 Å². The second-order valence-corrected chi connectivity index (χ2v) is 5.67. The summed E-state index contributed by atoms with van der Waals surface area (Å²) in [6.45, 7) is 6.71. The Morgan fingerprint density at radius 1 is 0.833 bits per heavy atom. The molecule has 2 aromatic carbocycles. The summed E-state index contributed by atoms with van der Waals surface area (Å²) in [7, 11) is 0. The third kappa shape index (κ3) is 1.96. The van der Waals surface area contributed by atoms with Crippen molar-refractivity contribution in [2.45, 2.75) is 39.0 Å². The highest BCUT2D eigenvalue weighted by Crippen LogP contribution is 2.56. The molecule has 2 atom stereocenters. The van der Waals surface area contributed by atoms with Crippen molar-refractivity contribution in [2.24, 2.45) is 0 Å². The van der Waals surface area contributed by atoms with Crippen LogP contribution in [0.25, 0.3) is 0 Å². The van der Waals surface area contributed by atoms with E-state index >= 15 is 0 Å². The highest BCUT2D eigenvalue weighted by atomic mass is 14.4. The summed E-state index contributed by atoms with van der Waals surface area (Å²) in [4.78, 5) is 0. The van der Waals surface area contributed by atoms with Crippen molar-refractivity contribution in [2.75, 3.05) is 0 Å². The molecule has 1 fully saturated rings. The van der Waals surface area contributed by atoms with Crippen molar-refractivity contribution in [3.63, 3.8) is 0 Å². The molecule has 1 saturated carbocycles. The van der Waals surface area contributed by atoms with Gasteiger partial charge in [0.2, 0.25) is 0 Å². The molecule has 0 spiro atoms. The molecule has 1 aliphatic rings. The Bertz CT molecular complexity index is 543. The Morgan fingerprint density at radius 3 is 2.06 bits per heavy atom. The zero-order valence-electron chi connectivity index (χ0n) is 11.4. The average Bonchev–Trinajstić information content (AvgIpc) is 3.09. The predicted molar refractivity (Wildman–Crippen MR) is 77.2 cm³/mol. The normalized spacial score (nSPS) is 21.9. The van der Waals surface area contributed by atoms with Crippen LogP contribution in [0.15, 0.2) is 42.5 Å². The Balaban J connectivity index is 1.91. The van der Waals surface area contributed by atoms with E-state index in [0.717, 1.165) is 11.8 Å². The molecule has 92 valence electrons. The van der Waals surface area contributed by atoms with E-state index in [0.29, 0.717) is 0 Å². The highest BCUT2D eigenvalue weighted by Gasteiger charge is 2.40. The van der Waals surface area contributed by atoms with Crippen LogP contribution in [0, 0.1) is 20.8 Å². The summed E-state index contributed by atoms with van der Waals surface area (Å²) in [5.74, 6) is 1.49. The van der Waals surface area contributed by atoms with Crippen molar-refractivity contribution in [3.8, 4) is 0 Å². The molecule has 1 aliphatic carbocycles. The van der Waals surface area contributed by atoms with E-state index in [4.69, 9.17) is 0 Å². The first kappa shape index (κ1) is 11.5. The molecule has 2 aromatic rings. The van der Waals surface area contributed by atoms with E-state index in [1.54, 1.807) is 5.56 Å². The fraction of sp³-hybridized carbons (Fsp3) is 0.333. The lowest BCUT2D eigenvalue weighted by molar-refractivity contribution is 0.993. The SMILES string of the molecule is Cc1cc(C)c([C@@H]2C[C@H]2c2ccccc2)c(C)c1. The van der Waals surface area contributed by atoms with E-state index in [1.165, 1.54) is 28.7 Å². The monoisotopic (exact) mass is 236 g/mol. The van der Waals surface area contributed by atoms with Crippen molar-refractivity contribution < 1.29 is 0 Å². The summed E-state index contributed by atoms with van der Waals surface area (Å²) in [6.07, 6.45) is 1.31. The van der Waals surface area contributed by atoms with Crippen molar-refractivity contribution in [1.29, 1.82) is 0 Å². The lowest BCUT2D eigenvalue weighted by Crippen LogP contribution is -1.94. The third-order valence-electron chi connectivity index (χ3n) is 4.13. The minimum absolute atomic E-state index is 0.742. The molecule has 0 heteroatoms. The highest BCUT2D eigenvalue weighted by molar-refractivity contribution is 5.46. The van der Waals surface area contributed by atoms with Crippen LogP contribution in [0.5, 0.6) is 0 Å². The topological polar surface area (TPSA) is 0 Å². The van der Waals surface area contributed by atoms with Crippen LogP contribution in [0.2, 0.25) is 0 Å². The number of aryl methyl sites for hydroxylation is 3. The minimum atomic E-state index is 0.742. The molecule has 0 nitrogen and oxygen atoms in total. The molecule has 0 aromatic heterocycles. The van der Waals surface area contributed by atoms with Crippen molar-refractivity contribution >= 4 is 0 Å². The molecular formula is C18H20. The first-order chi connectivity index (χ1) is 8.66. The standard InChI is InChI=1S/C18H20/c1-12-9-13(2)18(14(3)10-12)17-11-16(17)15-7-5-4-6-8-15/h4-10,16-17H,11H2,1-3H3/t16-,17+/m0/s1. The average molecular weight is 236 g/mol. The Morgan fingerprint density at radius 2 is 1.44 bits per heavy atom. The van der Waals surface area contributed by atoms with Gasteiger partial charge in [-0.05, 0) is 61.3 Å². The van der Waals surface area contributed by atoms with Gasteiger partial charge in [-0.2, -0.15) is 0 Å². The number of benzene rings is 2. The van der Waals surface area contributed by atoms with Crippen LogP contribution in [0.3, 0.4) is 0 Å². The predicted octanol–water partition coefficient (Wildman–Crippen LogP) is 4.88. The zero-order chi connectivity index (χ0) is 12.7. The van der Waals surface area contributed by atoms with Gasteiger partial charge in [-0.15, -0.1) is 0 Å². The molecule has 18 heavy (non-hydrogen) atoms. The molecule has 0 N–H and O–H groups in total. The molecule has 0 amide bonds. The quantitative estimate of drug-likeness (QED) is 0.697. The molecule has 0 unspecified atom stereocenters. The van der Waals surface area contributed by atoms with Crippen LogP contribution >= 0.6 is 0 Å². The minimum Gasteiger partial charge on any atom is -0.0622 e. The zero-order valence-corrected chi connectivity index (χ0v) is 11.4. The molecule has 3 rings (SSSR count). The van der Waals surface area contributed by atoms with Crippen LogP contribution in [-0.4, -0.2) is 0 Å². The third-order valence-corrected chi connectivity index (χ3v) is 4.13. The second kappa shape index (κ2) is 4.28. The summed E-state index contributed by atoms with van der Waals surface area (Å²) >= 11 is 0. The molecule has 0 heterocycles. The van der Waals surface area contributed by atoms with Gasteiger partial charge in [-0.3, -0.25) is 0 Å². The smallest absolute Gasteiger partial charge is 0.00816 e. The van der Waals surface area contributed by atoms with Crippen LogP contribution in [-0.2, 0) is 0 Å². The summed E-state index contributed by atoms with van der Waals surface area (Å²) in [5.41, 5.74) is 7.41. The maximum absolute atomic E-state index is 2.32. The van der Waals surface area contributed by atoms with Crippen molar-refractivity contribution in [3.05, 3.63) is 70.3 Å². The lowest BCUT2D eigenvalue weighted by Gasteiger charge is -2.11. The van der Waals surface area contributed by atoms with E-state index in [-0.39, 0.29) is 0 Å². The summed E-state index contributed by atoms with van der Waals surface area (Å²) in [5, 5.41) is 0. The maximum atomic E-state index is 2.32. The van der Waals surface area contributed by atoms with Gasteiger partial charge in [0.05, 0.1) is 0 Å². The molecular weight excluding hydrogens is 216 g/mol. The maximum Gasteiger partial charge on any atom is -0.00816 e. The van der Waals surface area contributed by atoms with Gasteiger partial charge in [0, 0.05) is 0 Å². The van der Waals surface area contributed by atoms with Gasteiger partial charge in [0.1, 0.15) is 0 Å². The lowest BCUT2D eigenvalue weighted by atomic mass is 9.94. The van der Waals surface area contributed by atoms with Gasteiger partial charge >= 0.3 is 0 Å². The van der Waals surface area contributed by atoms with Gasteiger partial charge in [-0.25, -0.2) is 0 Å². The molecule has 0 saturated heterocycles. The fourth-order valence-corrected chi connectivity index (χ4v) is 3.36. The Kier molecular flexibility index (Phi) is 2.74. The molecule has 0 aliphatic heterocycles. The van der Waals surface area contributed by atoms with Crippen LogP contribution < -0.4 is 0 Å². The largest absolute Gasteiger partial charge is 0.0622 e. The molecule has 0 radical (unpaired) electrons. The number of rotatable bonds is 2. The van der Waals surface area contributed by atoms with Crippen LogP contribution in [0.4, 0.5) is 0 Å². The second-order valence-electron chi connectivity index (χ2n) is 5.67. The summed E-state index contributed by atoms with van der Waals surface area (Å²) < 4.78 is 0. The van der Waals surface area contributed by atoms with Gasteiger partial charge in [0.15, 0.2) is 0 Å². The Labute approximate surface area is 110 Å². The number of hydrogen-bond acceptors (Lipinski definition) is 0. The number of hydrogen-bond donors (Lipinski definition) is 0. The van der Waals surface area contributed by atoms with Crippen molar-refractivity contribution in [1.82, 2.24) is 0 Å². The Hall–Kier alpha value is -1.56. The molecule has 0 bridgehead atoms. The first-order valence-electron chi connectivity index (χ1n) is 6.79. The fourth-order valence-electron chi connectivity index (χ4n) is 3.36. The van der Waals surface area contributed by atoms with Crippen LogP contribution in [0.1, 0.15) is 46.1 Å². The van der Waals surface area contributed by atoms with E-state index < -0.39 is 0 Å². The summed E-state index contributed by atoms with van der Waals surface area (Å²) in [6, 6.07) is 15.6. The first-order valence-corrected chi connectivity index (χ1v) is 6.79.